The molecular formula is C14H26N2O3. The van der Waals surface area contributed by atoms with Crippen LogP contribution in [-0.4, -0.2) is 42.9 Å². The van der Waals surface area contributed by atoms with Gasteiger partial charge in [-0.1, -0.05) is 26.2 Å². The molecule has 5 nitrogen and oxygen atoms in total. The van der Waals surface area contributed by atoms with Crippen molar-refractivity contribution in [1.82, 2.24) is 5.06 Å². The third-order valence-electron chi connectivity index (χ3n) is 4.04. The van der Waals surface area contributed by atoms with Crippen LogP contribution >= 0.6 is 0 Å². The molecule has 2 rings (SSSR count). The molecule has 3 atom stereocenters. The third-order valence-corrected chi connectivity index (χ3v) is 4.04. The highest BCUT2D eigenvalue weighted by molar-refractivity contribution is 5.79. The van der Waals surface area contributed by atoms with Gasteiger partial charge in [0.05, 0.1) is 12.7 Å². The molecule has 19 heavy (non-hydrogen) atoms. The molecule has 2 aliphatic heterocycles. The highest BCUT2D eigenvalue weighted by atomic mass is 16.7. The molecule has 5 heteroatoms. The lowest BCUT2D eigenvalue weighted by Gasteiger charge is -2.23. The van der Waals surface area contributed by atoms with E-state index in [0.717, 1.165) is 45.4 Å². The smallest absolute Gasteiger partial charge is 0.237 e. The number of hydroxylamine groups is 2. The van der Waals surface area contributed by atoms with Crippen LogP contribution in [0.15, 0.2) is 0 Å². The van der Waals surface area contributed by atoms with E-state index in [1.165, 1.54) is 12.8 Å². The lowest BCUT2D eigenvalue weighted by Crippen LogP contribution is -2.41. The number of hydrogen-bond acceptors (Lipinski definition) is 4. The highest BCUT2D eigenvalue weighted by Gasteiger charge is 2.38. The topological polar surface area (TPSA) is 64.8 Å². The Kier molecular flexibility index (Phi) is 5.60. The molecule has 110 valence electrons. The van der Waals surface area contributed by atoms with Gasteiger partial charge in [0, 0.05) is 19.6 Å². The maximum absolute atomic E-state index is 11.5. The van der Waals surface area contributed by atoms with E-state index in [4.69, 9.17) is 15.3 Å². The Balaban J connectivity index is 1.82. The van der Waals surface area contributed by atoms with Gasteiger partial charge in [0.2, 0.25) is 5.91 Å². The van der Waals surface area contributed by atoms with Crippen LogP contribution in [0.4, 0.5) is 0 Å². The lowest BCUT2D eigenvalue weighted by atomic mass is 10.0. The molecule has 0 saturated carbocycles. The van der Waals surface area contributed by atoms with Crippen molar-refractivity contribution in [2.45, 2.75) is 57.6 Å². The van der Waals surface area contributed by atoms with E-state index in [9.17, 15) is 4.79 Å². The average molecular weight is 270 g/mol. The zero-order chi connectivity index (χ0) is 13.7. The summed E-state index contributed by atoms with van der Waals surface area (Å²) < 4.78 is 5.37. The van der Waals surface area contributed by atoms with Crippen LogP contribution in [-0.2, 0) is 14.4 Å². The van der Waals surface area contributed by atoms with Gasteiger partial charge in [-0.3, -0.25) is 9.63 Å². The van der Waals surface area contributed by atoms with E-state index in [-0.39, 0.29) is 18.1 Å². The molecule has 2 N–H and O–H groups in total. The minimum Gasteiger partial charge on any atom is -0.381 e. The summed E-state index contributed by atoms with van der Waals surface area (Å²) in [6, 6.07) is -0.257. The van der Waals surface area contributed by atoms with E-state index in [0.29, 0.717) is 5.92 Å². The minimum atomic E-state index is -0.267. The summed E-state index contributed by atoms with van der Waals surface area (Å²) in [4.78, 5) is 17.5. The van der Waals surface area contributed by atoms with Crippen molar-refractivity contribution in [2.24, 2.45) is 11.7 Å². The van der Waals surface area contributed by atoms with Gasteiger partial charge in [-0.15, -0.1) is 0 Å². The van der Waals surface area contributed by atoms with Crippen molar-refractivity contribution in [3.8, 4) is 0 Å². The summed E-state index contributed by atoms with van der Waals surface area (Å²) in [5.41, 5.74) is 5.49. The van der Waals surface area contributed by atoms with E-state index < -0.39 is 0 Å². The minimum absolute atomic E-state index is 0.159. The monoisotopic (exact) mass is 270 g/mol. The van der Waals surface area contributed by atoms with Crippen molar-refractivity contribution in [2.75, 3.05) is 19.8 Å². The molecule has 0 aromatic heterocycles. The van der Waals surface area contributed by atoms with Crippen molar-refractivity contribution in [3.05, 3.63) is 0 Å². The van der Waals surface area contributed by atoms with E-state index in [2.05, 4.69) is 6.92 Å². The highest BCUT2D eigenvalue weighted by Crippen LogP contribution is 2.27. The van der Waals surface area contributed by atoms with Gasteiger partial charge >= 0.3 is 0 Å². The molecule has 0 radical (unpaired) electrons. The molecule has 3 unspecified atom stereocenters. The number of carbonyl (C=O) groups excluding carboxylic acids is 1. The van der Waals surface area contributed by atoms with Crippen LogP contribution in [0.2, 0.25) is 0 Å². The number of unbranched alkanes of at least 4 members (excludes halogenated alkanes) is 2. The van der Waals surface area contributed by atoms with Crippen LogP contribution in [0.1, 0.15) is 45.4 Å². The van der Waals surface area contributed by atoms with Crippen molar-refractivity contribution < 1.29 is 14.4 Å². The van der Waals surface area contributed by atoms with Crippen molar-refractivity contribution in [1.29, 1.82) is 0 Å². The fourth-order valence-electron chi connectivity index (χ4n) is 2.88. The van der Waals surface area contributed by atoms with Gasteiger partial charge in [-0.05, 0) is 18.8 Å². The molecule has 0 aliphatic carbocycles. The SMILES string of the molecule is CCCCCC1CC(C(N)=O)N(CC2CCOC2)O1. The number of nitrogens with two attached hydrogens (primary N) is 1. The van der Waals surface area contributed by atoms with Gasteiger partial charge < -0.3 is 10.5 Å². The molecule has 0 spiro atoms. The molecule has 2 saturated heterocycles. The number of ether oxygens (including phenoxy) is 1. The Labute approximate surface area is 115 Å². The van der Waals surface area contributed by atoms with Crippen molar-refractivity contribution in [3.63, 3.8) is 0 Å². The largest absolute Gasteiger partial charge is 0.381 e. The second-order valence-electron chi connectivity index (χ2n) is 5.71. The number of rotatable bonds is 7. The molecular weight excluding hydrogens is 244 g/mol. The summed E-state index contributed by atoms with van der Waals surface area (Å²) in [5, 5.41) is 1.82. The molecule has 0 aromatic rings. The molecule has 0 bridgehead atoms. The normalized spacial score (nSPS) is 31.9. The first kappa shape index (κ1) is 14.8. The van der Waals surface area contributed by atoms with Crippen LogP contribution < -0.4 is 5.73 Å². The number of hydrogen-bond donors (Lipinski definition) is 1. The Morgan fingerprint density at radius 1 is 1.42 bits per heavy atom. The predicted molar refractivity (Wildman–Crippen MR) is 72.2 cm³/mol. The Morgan fingerprint density at radius 2 is 2.26 bits per heavy atom. The molecule has 2 aliphatic rings. The zero-order valence-corrected chi connectivity index (χ0v) is 11.8. The summed E-state index contributed by atoms with van der Waals surface area (Å²) in [6.07, 6.45) is 6.55. The molecule has 1 amide bonds. The van der Waals surface area contributed by atoms with E-state index >= 15 is 0 Å². The summed E-state index contributed by atoms with van der Waals surface area (Å²) in [6.45, 7) is 4.54. The molecule has 2 fully saturated rings. The van der Waals surface area contributed by atoms with Crippen LogP contribution in [0, 0.1) is 5.92 Å². The predicted octanol–water partition coefficient (Wildman–Crippen LogP) is 1.46. The fourth-order valence-corrected chi connectivity index (χ4v) is 2.88. The number of nitrogens with zero attached hydrogens (tertiary/aromatic N) is 1. The van der Waals surface area contributed by atoms with Crippen LogP contribution in [0.5, 0.6) is 0 Å². The summed E-state index contributed by atoms with van der Waals surface area (Å²) >= 11 is 0. The Bertz CT molecular complexity index is 292. The number of amides is 1. The Morgan fingerprint density at radius 3 is 2.89 bits per heavy atom. The average Bonchev–Trinajstić information content (AvgIpc) is 3.00. The third kappa shape index (κ3) is 4.16. The van der Waals surface area contributed by atoms with Gasteiger partial charge in [-0.25, -0.2) is 0 Å². The maximum atomic E-state index is 11.5. The number of carbonyl (C=O) groups is 1. The molecule has 0 aromatic carbocycles. The first-order chi connectivity index (χ1) is 9.20. The van der Waals surface area contributed by atoms with Gasteiger partial charge in [-0.2, -0.15) is 5.06 Å². The van der Waals surface area contributed by atoms with E-state index in [1.54, 1.807) is 0 Å². The Hall–Kier alpha value is -0.650. The maximum Gasteiger partial charge on any atom is 0.237 e. The lowest BCUT2D eigenvalue weighted by molar-refractivity contribution is -0.175. The fraction of sp³-hybridized carbons (Fsp3) is 0.929. The van der Waals surface area contributed by atoms with E-state index in [1.807, 2.05) is 5.06 Å². The first-order valence-corrected chi connectivity index (χ1v) is 7.51. The second kappa shape index (κ2) is 7.22. The second-order valence-corrected chi connectivity index (χ2v) is 5.71. The molecule has 2 heterocycles. The van der Waals surface area contributed by atoms with Gasteiger partial charge in [0.25, 0.3) is 0 Å². The standard InChI is InChI=1S/C14H26N2O3/c1-2-3-4-5-12-8-13(14(15)17)16(19-12)9-11-6-7-18-10-11/h11-13H,2-10H2,1H3,(H2,15,17). The number of primary amides is 1. The zero-order valence-electron chi connectivity index (χ0n) is 11.8. The van der Waals surface area contributed by atoms with Crippen LogP contribution in [0.25, 0.3) is 0 Å². The van der Waals surface area contributed by atoms with Gasteiger partial charge in [0.1, 0.15) is 6.04 Å². The quantitative estimate of drug-likeness (QED) is 0.711. The van der Waals surface area contributed by atoms with Crippen LogP contribution in [0.3, 0.4) is 0 Å². The summed E-state index contributed by atoms with van der Waals surface area (Å²) in [5.74, 6) is 0.202. The first-order valence-electron chi connectivity index (χ1n) is 7.51. The van der Waals surface area contributed by atoms with Crippen molar-refractivity contribution >= 4 is 5.91 Å². The summed E-state index contributed by atoms with van der Waals surface area (Å²) in [7, 11) is 0. The van der Waals surface area contributed by atoms with Gasteiger partial charge in [0.15, 0.2) is 0 Å².